The molecule has 0 aromatic carbocycles. The molecule has 0 saturated heterocycles. The van der Waals surface area contributed by atoms with Gasteiger partial charge in [-0.15, -0.1) is 23.2 Å². The smallest absolute Gasteiger partial charge is 0.404 e. The Morgan fingerprint density at radius 1 is 1.29 bits per heavy atom. The molecule has 1 amide bonds. The van der Waals surface area contributed by atoms with E-state index in [0.717, 1.165) is 25.9 Å². The van der Waals surface area contributed by atoms with E-state index < -0.39 is 6.09 Å². The predicted molar refractivity (Wildman–Crippen MR) is 90.1 cm³/mol. The first-order valence-corrected chi connectivity index (χ1v) is 8.78. The summed E-state index contributed by atoms with van der Waals surface area (Å²) in [5.74, 6) is 3.02. The maximum atomic E-state index is 10.7. The maximum absolute atomic E-state index is 10.7. The average Bonchev–Trinajstić information content (AvgIpc) is 2.39. The van der Waals surface area contributed by atoms with E-state index in [4.69, 9.17) is 33.7 Å². The molecule has 0 aromatic heterocycles. The van der Waals surface area contributed by atoms with Crippen molar-refractivity contribution in [3.63, 3.8) is 0 Å². The molecule has 0 spiro atoms. The van der Waals surface area contributed by atoms with Gasteiger partial charge < -0.3 is 15.8 Å². The van der Waals surface area contributed by atoms with Crippen LogP contribution in [0.1, 0.15) is 40.0 Å². The van der Waals surface area contributed by atoms with Gasteiger partial charge in [-0.3, -0.25) is 0 Å². The highest BCUT2D eigenvalue weighted by atomic mass is 35.5. The predicted octanol–water partition coefficient (Wildman–Crippen LogP) is 3.60. The van der Waals surface area contributed by atoms with E-state index in [1.807, 2.05) is 0 Å². The number of carbonyl (C=O) groups excluding carboxylic acids is 1. The van der Waals surface area contributed by atoms with Gasteiger partial charge in [-0.05, 0) is 30.6 Å². The number of primary amides is 1. The number of nitrogens with one attached hydrogen (secondary N) is 1. The zero-order valence-electron chi connectivity index (χ0n) is 13.4. The minimum absolute atomic E-state index is 0.0382. The van der Waals surface area contributed by atoms with Crippen LogP contribution in [0.4, 0.5) is 4.79 Å². The van der Waals surface area contributed by atoms with Crippen LogP contribution in [-0.2, 0) is 4.74 Å². The zero-order chi connectivity index (χ0) is 16.3. The summed E-state index contributed by atoms with van der Waals surface area (Å²) in [7, 11) is 0. The Morgan fingerprint density at radius 3 is 2.29 bits per heavy atom. The van der Waals surface area contributed by atoms with Gasteiger partial charge in [0, 0.05) is 24.8 Å². The summed E-state index contributed by atoms with van der Waals surface area (Å²) < 4.78 is 5.17. The molecule has 1 fully saturated rings. The lowest BCUT2D eigenvalue weighted by molar-refractivity contribution is 0.0105. The molecule has 3 unspecified atom stereocenters. The molecule has 1 aliphatic carbocycles. The molecule has 1 aliphatic rings. The molecule has 126 valence electrons. The van der Waals surface area contributed by atoms with E-state index in [9.17, 15) is 4.79 Å². The van der Waals surface area contributed by atoms with Crippen molar-refractivity contribution in [2.45, 2.75) is 46.1 Å². The van der Waals surface area contributed by atoms with Crippen LogP contribution in [0.5, 0.6) is 0 Å². The van der Waals surface area contributed by atoms with E-state index in [-0.39, 0.29) is 6.10 Å². The van der Waals surface area contributed by atoms with Gasteiger partial charge in [-0.1, -0.05) is 27.2 Å². The molecular formula is C15H30Cl2N2O2. The largest absolute Gasteiger partial charge is 0.446 e. The number of ether oxygens (including phenoxy) is 1. The molecule has 6 heteroatoms. The first-order chi connectivity index (χ1) is 9.92. The monoisotopic (exact) mass is 340 g/mol. The fourth-order valence-corrected chi connectivity index (χ4v) is 2.93. The van der Waals surface area contributed by atoms with Gasteiger partial charge in [-0.2, -0.15) is 0 Å². The molecule has 1 saturated carbocycles. The molecule has 0 radical (unpaired) electrons. The van der Waals surface area contributed by atoms with Crippen molar-refractivity contribution < 1.29 is 9.53 Å². The standard InChI is InChI=1S/C11H21NO2.C4H9Cl2N/c1-7(2)9-5-4-8(3)6-10(9)14-11(12)13;5-1-3-7-4-2-6/h7-10H,4-6H2,1-3H3,(H2,12,13);7H,1-4H2. The Hall–Kier alpha value is -0.190. The molecule has 3 atom stereocenters. The van der Waals surface area contributed by atoms with Crippen LogP contribution in [0.2, 0.25) is 0 Å². The summed E-state index contributed by atoms with van der Waals surface area (Å²) in [4.78, 5) is 10.7. The second-order valence-corrected chi connectivity index (χ2v) is 6.69. The molecule has 3 N–H and O–H groups in total. The molecule has 0 aliphatic heterocycles. The third-order valence-corrected chi connectivity index (χ3v) is 4.15. The maximum Gasteiger partial charge on any atom is 0.404 e. The highest BCUT2D eigenvalue weighted by Gasteiger charge is 2.32. The topological polar surface area (TPSA) is 64.3 Å². The first-order valence-electron chi connectivity index (χ1n) is 7.71. The Morgan fingerprint density at radius 2 is 1.86 bits per heavy atom. The Kier molecular flexibility index (Phi) is 12.3. The third kappa shape index (κ3) is 10.2. The zero-order valence-corrected chi connectivity index (χ0v) is 14.9. The second-order valence-electron chi connectivity index (χ2n) is 5.93. The summed E-state index contributed by atoms with van der Waals surface area (Å²) in [6.45, 7) is 8.27. The van der Waals surface area contributed by atoms with Crippen LogP contribution >= 0.6 is 23.2 Å². The lowest BCUT2D eigenvalue weighted by Gasteiger charge is -2.36. The molecule has 0 aromatic rings. The minimum Gasteiger partial charge on any atom is -0.446 e. The number of alkyl halides is 2. The number of amides is 1. The van der Waals surface area contributed by atoms with Crippen molar-refractivity contribution in [2.75, 3.05) is 24.8 Å². The summed E-state index contributed by atoms with van der Waals surface area (Å²) in [6, 6.07) is 0. The van der Waals surface area contributed by atoms with Crippen molar-refractivity contribution in [3.8, 4) is 0 Å². The van der Waals surface area contributed by atoms with Gasteiger partial charge in [0.1, 0.15) is 6.10 Å². The number of hydrogen-bond acceptors (Lipinski definition) is 3. The van der Waals surface area contributed by atoms with Crippen molar-refractivity contribution >= 4 is 29.3 Å². The normalized spacial score (nSPS) is 25.1. The van der Waals surface area contributed by atoms with E-state index in [1.54, 1.807) is 0 Å². The van der Waals surface area contributed by atoms with E-state index >= 15 is 0 Å². The Labute approximate surface area is 139 Å². The first kappa shape index (κ1) is 20.8. The summed E-state index contributed by atoms with van der Waals surface area (Å²) in [5, 5.41) is 3.02. The average molecular weight is 341 g/mol. The number of nitrogens with two attached hydrogens (primary N) is 1. The van der Waals surface area contributed by atoms with E-state index in [0.29, 0.717) is 29.5 Å². The quantitative estimate of drug-likeness (QED) is 0.573. The third-order valence-electron chi connectivity index (χ3n) is 3.77. The minimum atomic E-state index is -0.630. The fraction of sp³-hybridized carbons (Fsp3) is 0.933. The summed E-state index contributed by atoms with van der Waals surface area (Å²) in [6.07, 6.45) is 2.76. The van der Waals surface area contributed by atoms with Crippen molar-refractivity contribution in [1.29, 1.82) is 0 Å². The number of rotatable bonds is 6. The number of carbonyl (C=O) groups is 1. The molecule has 21 heavy (non-hydrogen) atoms. The van der Waals surface area contributed by atoms with Gasteiger partial charge in [-0.25, -0.2) is 4.79 Å². The van der Waals surface area contributed by atoms with Crippen LogP contribution in [0, 0.1) is 17.8 Å². The number of halogens is 2. The molecule has 1 rings (SSSR count). The summed E-state index contributed by atoms with van der Waals surface area (Å²) >= 11 is 10.7. The van der Waals surface area contributed by atoms with Crippen LogP contribution in [0.3, 0.4) is 0 Å². The van der Waals surface area contributed by atoms with E-state index in [2.05, 4.69) is 26.1 Å². The number of hydrogen-bond donors (Lipinski definition) is 2. The Bertz CT molecular complexity index is 274. The van der Waals surface area contributed by atoms with Gasteiger partial charge in [0.2, 0.25) is 0 Å². The van der Waals surface area contributed by atoms with Gasteiger partial charge in [0.05, 0.1) is 0 Å². The molecule has 0 bridgehead atoms. The van der Waals surface area contributed by atoms with Crippen molar-refractivity contribution in [1.82, 2.24) is 5.32 Å². The van der Waals surface area contributed by atoms with Gasteiger partial charge >= 0.3 is 6.09 Å². The molecule has 0 heterocycles. The van der Waals surface area contributed by atoms with Gasteiger partial charge in [0.15, 0.2) is 0 Å². The Balaban J connectivity index is 0.000000486. The lowest BCUT2D eigenvalue weighted by Crippen LogP contribution is -2.37. The van der Waals surface area contributed by atoms with Crippen LogP contribution < -0.4 is 11.1 Å². The second kappa shape index (κ2) is 12.4. The highest BCUT2D eigenvalue weighted by molar-refractivity contribution is 6.18. The molecular weight excluding hydrogens is 311 g/mol. The van der Waals surface area contributed by atoms with Crippen LogP contribution in [0.25, 0.3) is 0 Å². The highest BCUT2D eigenvalue weighted by Crippen LogP contribution is 2.35. The van der Waals surface area contributed by atoms with Crippen molar-refractivity contribution in [3.05, 3.63) is 0 Å². The fourth-order valence-electron chi connectivity index (χ4n) is 2.66. The molecule has 4 nitrogen and oxygen atoms in total. The van der Waals surface area contributed by atoms with E-state index in [1.165, 1.54) is 6.42 Å². The van der Waals surface area contributed by atoms with Crippen molar-refractivity contribution in [2.24, 2.45) is 23.5 Å². The SMILES string of the molecule is CC1CCC(C(C)C)C(OC(N)=O)C1.ClCCNCCCl. The summed E-state index contributed by atoms with van der Waals surface area (Å²) in [5.41, 5.74) is 5.07. The van der Waals surface area contributed by atoms with Crippen LogP contribution in [-0.4, -0.2) is 37.0 Å². The van der Waals surface area contributed by atoms with Gasteiger partial charge in [0.25, 0.3) is 0 Å². The lowest BCUT2D eigenvalue weighted by atomic mass is 9.75. The van der Waals surface area contributed by atoms with Crippen LogP contribution in [0.15, 0.2) is 0 Å².